The molecule has 3 rings (SSSR count). The third-order valence-corrected chi connectivity index (χ3v) is 3.48. The SMILES string of the molecule is COc1cc(/C=C(\C#N)c2nc3ccccc3[nH]2)ccc1OC(F)F. The fourth-order valence-electron chi connectivity index (χ4n) is 2.37. The largest absolute Gasteiger partial charge is 0.493 e. The number of hydrogen-bond donors (Lipinski definition) is 1. The Kier molecular flexibility index (Phi) is 4.61. The molecule has 1 aromatic heterocycles. The van der Waals surface area contributed by atoms with E-state index in [0.29, 0.717) is 17.0 Å². The fraction of sp³-hybridized carbons (Fsp3) is 0.111. The van der Waals surface area contributed by atoms with E-state index in [4.69, 9.17) is 4.74 Å². The predicted molar refractivity (Wildman–Crippen MR) is 89.2 cm³/mol. The highest BCUT2D eigenvalue weighted by molar-refractivity contribution is 5.90. The maximum atomic E-state index is 12.4. The molecule has 1 N–H and O–H groups in total. The second-order valence-electron chi connectivity index (χ2n) is 5.06. The molecule has 0 aliphatic carbocycles. The first kappa shape index (κ1) is 16.5. The van der Waals surface area contributed by atoms with Gasteiger partial charge in [0.25, 0.3) is 0 Å². The Morgan fingerprint density at radius 3 is 2.72 bits per heavy atom. The van der Waals surface area contributed by atoms with Gasteiger partial charge in [-0.25, -0.2) is 4.98 Å². The molecule has 0 atom stereocenters. The van der Waals surface area contributed by atoms with Gasteiger partial charge in [-0.05, 0) is 35.9 Å². The van der Waals surface area contributed by atoms with Crippen molar-refractivity contribution in [2.24, 2.45) is 0 Å². The molecule has 25 heavy (non-hydrogen) atoms. The van der Waals surface area contributed by atoms with E-state index in [0.717, 1.165) is 11.0 Å². The van der Waals surface area contributed by atoms with Crippen molar-refractivity contribution >= 4 is 22.7 Å². The maximum Gasteiger partial charge on any atom is 0.387 e. The fourth-order valence-corrected chi connectivity index (χ4v) is 2.37. The van der Waals surface area contributed by atoms with Crippen LogP contribution in [-0.4, -0.2) is 23.7 Å². The Morgan fingerprint density at radius 1 is 1.24 bits per heavy atom. The second kappa shape index (κ2) is 7.01. The van der Waals surface area contributed by atoms with E-state index >= 15 is 0 Å². The van der Waals surface area contributed by atoms with Gasteiger partial charge < -0.3 is 14.5 Å². The van der Waals surface area contributed by atoms with Crippen LogP contribution >= 0.6 is 0 Å². The molecule has 0 saturated heterocycles. The minimum atomic E-state index is -2.94. The molecule has 7 heteroatoms. The monoisotopic (exact) mass is 341 g/mol. The number of para-hydroxylation sites is 2. The quantitative estimate of drug-likeness (QED) is 0.705. The van der Waals surface area contributed by atoms with Gasteiger partial charge in [-0.2, -0.15) is 14.0 Å². The van der Waals surface area contributed by atoms with E-state index in [2.05, 4.69) is 20.8 Å². The van der Waals surface area contributed by atoms with Crippen molar-refractivity contribution in [3.63, 3.8) is 0 Å². The molecule has 0 unspecified atom stereocenters. The number of H-pyrrole nitrogens is 1. The molecule has 0 fully saturated rings. The minimum absolute atomic E-state index is 0.0723. The van der Waals surface area contributed by atoms with Gasteiger partial charge in [-0.15, -0.1) is 0 Å². The van der Waals surface area contributed by atoms with Crippen LogP contribution in [0.1, 0.15) is 11.4 Å². The lowest BCUT2D eigenvalue weighted by Crippen LogP contribution is -2.03. The lowest BCUT2D eigenvalue weighted by Gasteiger charge is -2.10. The van der Waals surface area contributed by atoms with Crippen LogP contribution in [0, 0.1) is 11.3 Å². The molecular weight excluding hydrogens is 328 g/mol. The summed E-state index contributed by atoms with van der Waals surface area (Å²) >= 11 is 0. The van der Waals surface area contributed by atoms with Gasteiger partial charge in [-0.3, -0.25) is 0 Å². The van der Waals surface area contributed by atoms with Gasteiger partial charge in [0.15, 0.2) is 11.5 Å². The van der Waals surface area contributed by atoms with Crippen LogP contribution < -0.4 is 9.47 Å². The number of alkyl halides is 2. The van der Waals surface area contributed by atoms with Gasteiger partial charge in [0.2, 0.25) is 0 Å². The number of aromatic amines is 1. The standard InChI is InChI=1S/C18H13F2N3O2/c1-24-16-9-11(6-7-15(16)25-18(19)20)8-12(10-21)17-22-13-4-2-3-5-14(13)23-17/h2-9,18H,1H3,(H,22,23)/b12-8+. The Balaban J connectivity index is 1.98. The molecule has 0 spiro atoms. The molecule has 0 aliphatic heterocycles. The van der Waals surface area contributed by atoms with Crippen LogP contribution in [0.4, 0.5) is 8.78 Å². The molecule has 1 heterocycles. The Morgan fingerprint density at radius 2 is 2.04 bits per heavy atom. The first-order chi connectivity index (χ1) is 12.1. The van der Waals surface area contributed by atoms with Crippen LogP contribution in [0.15, 0.2) is 42.5 Å². The number of methoxy groups -OCH3 is 1. The summed E-state index contributed by atoms with van der Waals surface area (Å²) in [5.41, 5.74) is 2.46. The molecule has 0 aliphatic rings. The lowest BCUT2D eigenvalue weighted by molar-refractivity contribution is -0.0512. The summed E-state index contributed by atoms with van der Waals surface area (Å²) in [6.07, 6.45) is 1.59. The zero-order chi connectivity index (χ0) is 17.8. The average Bonchev–Trinajstić information content (AvgIpc) is 3.04. The number of halogens is 2. The normalized spacial score (nSPS) is 11.6. The number of nitrogens with one attached hydrogen (secondary N) is 1. The van der Waals surface area contributed by atoms with Gasteiger partial charge in [0, 0.05) is 0 Å². The molecule has 0 radical (unpaired) electrons. The van der Waals surface area contributed by atoms with Crippen molar-refractivity contribution in [1.29, 1.82) is 5.26 Å². The van der Waals surface area contributed by atoms with Crippen molar-refractivity contribution < 1.29 is 18.3 Å². The van der Waals surface area contributed by atoms with Crippen molar-refractivity contribution in [3.8, 4) is 17.6 Å². The number of fused-ring (bicyclic) bond motifs is 1. The summed E-state index contributed by atoms with van der Waals surface area (Å²) in [6.45, 7) is -2.94. The van der Waals surface area contributed by atoms with Crippen molar-refractivity contribution in [2.45, 2.75) is 6.61 Å². The molecule has 2 aromatic carbocycles. The second-order valence-corrected chi connectivity index (χ2v) is 5.06. The summed E-state index contributed by atoms with van der Waals surface area (Å²) in [4.78, 5) is 7.45. The summed E-state index contributed by atoms with van der Waals surface area (Å²) in [6, 6.07) is 13.9. The number of benzene rings is 2. The maximum absolute atomic E-state index is 12.4. The van der Waals surface area contributed by atoms with Crippen LogP contribution in [0.5, 0.6) is 11.5 Å². The van der Waals surface area contributed by atoms with E-state index in [9.17, 15) is 14.0 Å². The highest BCUT2D eigenvalue weighted by Crippen LogP contribution is 2.31. The number of nitriles is 1. The number of nitrogens with zero attached hydrogens (tertiary/aromatic N) is 2. The summed E-state index contributed by atoms with van der Waals surface area (Å²) in [7, 11) is 1.35. The number of rotatable bonds is 5. The molecule has 3 aromatic rings. The first-order valence-corrected chi connectivity index (χ1v) is 7.30. The van der Waals surface area contributed by atoms with E-state index < -0.39 is 6.61 Å². The van der Waals surface area contributed by atoms with E-state index in [-0.39, 0.29) is 11.5 Å². The smallest absolute Gasteiger partial charge is 0.387 e. The minimum Gasteiger partial charge on any atom is -0.493 e. The highest BCUT2D eigenvalue weighted by Gasteiger charge is 2.12. The Labute approximate surface area is 142 Å². The molecule has 0 saturated carbocycles. The summed E-state index contributed by atoms with van der Waals surface area (Å²) < 4.78 is 34.2. The molecule has 0 bridgehead atoms. The van der Waals surface area contributed by atoms with Gasteiger partial charge in [-0.1, -0.05) is 18.2 Å². The van der Waals surface area contributed by atoms with Gasteiger partial charge in [0.1, 0.15) is 11.9 Å². The number of allylic oxidation sites excluding steroid dienone is 1. The lowest BCUT2D eigenvalue weighted by atomic mass is 10.1. The molecule has 126 valence electrons. The topological polar surface area (TPSA) is 70.9 Å². The molecule has 5 nitrogen and oxygen atoms in total. The van der Waals surface area contributed by atoms with Crippen LogP contribution in [0.3, 0.4) is 0 Å². The number of aromatic nitrogens is 2. The summed E-state index contributed by atoms with van der Waals surface area (Å²) in [5.74, 6) is 0.503. The Hall–Kier alpha value is -3.40. The number of ether oxygens (including phenoxy) is 2. The van der Waals surface area contributed by atoms with Crippen molar-refractivity contribution in [2.75, 3.05) is 7.11 Å². The van der Waals surface area contributed by atoms with Gasteiger partial charge >= 0.3 is 6.61 Å². The number of hydrogen-bond acceptors (Lipinski definition) is 4. The molecule has 0 amide bonds. The number of imidazole rings is 1. The summed E-state index contributed by atoms with van der Waals surface area (Å²) in [5, 5.41) is 9.43. The zero-order valence-corrected chi connectivity index (χ0v) is 13.2. The van der Waals surface area contributed by atoms with Crippen LogP contribution in [-0.2, 0) is 0 Å². The van der Waals surface area contributed by atoms with Crippen molar-refractivity contribution in [1.82, 2.24) is 9.97 Å². The van der Waals surface area contributed by atoms with E-state index in [1.807, 2.05) is 24.3 Å². The predicted octanol–water partition coefficient (Wildman–Crippen LogP) is 4.24. The average molecular weight is 341 g/mol. The van der Waals surface area contributed by atoms with Crippen molar-refractivity contribution in [3.05, 3.63) is 53.9 Å². The molecular formula is C18H13F2N3O2. The van der Waals surface area contributed by atoms with Crippen LogP contribution in [0.2, 0.25) is 0 Å². The van der Waals surface area contributed by atoms with E-state index in [1.165, 1.54) is 19.2 Å². The zero-order valence-electron chi connectivity index (χ0n) is 13.2. The third-order valence-electron chi connectivity index (χ3n) is 3.48. The first-order valence-electron chi connectivity index (χ1n) is 7.30. The third kappa shape index (κ3) is 3.58. The van der Waals surface area contributed by atoms with Gasteiger partial charge in [0.05, 0.1) is 23.7 Å². The van der Waals surface area contributed by atoms with E-state index in [1.54, 1.807) is 12.1 Å². The highest BCUT2D eigenvalue weighted by atomic mass is 19.3. The Bertz CT molecular complexity index is 941. The van der Waals surface area contributed by atoms with Crippen LogP contribution in [0.25, 0.3) is 22.7 Å².